The van der Waals surface area contributed by atoms with Gasteiger partial charge in [-0.3, -0.25) is 14.6 Å². The third-order valence-corrected chi connectivity index (χ3v) is 7.13. The maximum atomic E-state index is 12.7. The summed E-state index contributed by atoms with van der Waals surface area (Å²) in [5.74, 6) is 0.147. The molecule has 6 nitrogen and oxygen atoms in total. The van der Waals surface area contributed by atoms with Crippen LogP contribution >= 0.6 is 11.8 Å². The van der Waals surface area contributed by atoms with Crippen LogP contribution in [0.3, 0.4) is 0 Å². The van der Waals surface area contributed by atoms with E-state index in [0.29, 0.717) is 17.7 Å². The summed E-state index contributed by atoms with van der Waals surface area (Å²) in [6.07, 6.45) is 2.37. The maximum absolute atomic E-state index is 12.7. The molecular weight excluding hydrogens is 462 g/mol. The molecule has 4 rings (SSSR count). The number of rotatable bonds is 9. The fourth-order valence-corrected chi connectivity index (χ4v) is 5.00. The zero-order chi connectivity index (χ0) is 24.8. The molecule has 180 valence electrons. The van der Waals surface area contributed by atoms with Gasteiger partial charge in [0.1, 0.15) is 12.4 Å². The van der Waals surface area contributed by atoms with Gasteiger partial charge in [0, 0.05) is 17.5 Å². The van der Waals surface area contributed by atoms with Gasteiger partial charge >= 0.3 is 5.97 Å². The van der Waals surface area contributed by atoms with Crippen LogP contribution in [0.1, 0.15) is 53.6 Å². The molecule has 0 saturated carbocycles. The zero-order valence-electron chi connectivity index (χ0n) is 19.7. The number of carbonyl (C=O) groups is 3. The number of aromatic nitrogens is 1. The molecular formula is C28H27NO5S. The Morgan fingerprint density at radius 3 is 2.40 bits per heavy atom. The van der Waals surface area contributed by atoms with Gasteiger partial charge in [0.15, 0.2) is 17.0 Å². The van der Waals surface area contributed by atoms with Crippen molar-refractivity contribution in [3.8, 4) is 5.75 Å². The first-order valence-corrected chi connectivity index (χ1v) is 12.4. The second-order valence-electron chi connectivity index (χ2n) is 8.63. The van der Waals surface area contributed by atoms with Crippen LogP contribution in [0.5, 0.6) is 5.75 Å². The summed E-state index contributed by atoms with van der Waals surface area (Å²) in [5.41, 5.74) is 3.11. The Hall–Kier alpha value is -3.45. The average Bonchev–Trinajstić information content (AvgIpc) is 3.13. The molecule has 0 spiro atoms. The standard InChI is InChI=1S/C28H27NO5S/c1-3-22-12-11-21(17-29-22)24(34-27(32)20-7-5-4-6-8-20)18-33-23-13-9-19(10-14-23)16-28(2)25(30)15-26(31)35-28/h4-14,17,24H,3,15-16,18H2,1-2H3. The van der Waals surface area contributed by atoms with Crippen LogP contribution in [-0.2, 0) is 27.2 Å². The van der Waals surface area contributed by atoms with E-state index in [1.165, 1.54) is 0 Å². The van der Waals surface area contributed by atoms with E-state index in [4.69, 9.17) is 9.47 Å². The zero-order valence-corrected chi connectivity index (χ0v) is 20.5. The summed E-state index contributed by atoms with van der Waals surface area (Å²) in [4.78, 5) is 41.0. The second kappa shape index (κ2) is 10.9. The molecule has 3 aromatic rings. The van der Waals surface area contributed by atoms with Crippen molar-refractivity contribution < 1.29 is 23.9 Å². The molecule has 0 amide bonds. The fraction of sp³-hybridized carbons (Fsp3) is 0.286. The molecule has 0 bridgehead atoms. The topological polar surface area (TPSA) is 82.6 Å². The Morgan fingerprint density at radius 1 is 1.06 bits per heavy atom. The molecule has 0 aliphatic carbocycles. The quantitative estimate of drug-likeness (QED) is 0.303. The molecule has 0 radical (unpaired) electrons. The van der Waals surface area contributed by atoms with Gasteiger partial charge in [-0.1, -0.05) is 55.1 Å². The molecule has 1 aliphatic rings. The van der Waals surface area contributed by atoms with E-state index in [1.807, 2.05) is 56.3 Å². The van der Waals surface area contributed by atoms with Crippen molar-refractivity contribution in [2.45, 2.75) is 44.0 Å². The summed E-state index contributed by atoms with van der Waals surface area (Å²) >= 11 is 1.12. The van der Waals surface area contributed by atoms with E-state index < -0.39 is 16.8 Å². The lowest BCUT2D eigenvalue weighted by atomic mass is 9.95. The second-order valence-corrected chi connectivity index (χ2v) is 10.2. The number of benzene rings is 2. The number of ketones is 1. The van der Waals surface area contributed by atoms with Gasteiger partial charge in [0.05, 0.1) is 16.7 Å². The van der Waals surface area contributed by atoms with Crippen LogP contribution in [0.15, 0.2) is 72.9 Å². The average molecular weight is 490 g/mol. The van der Waals surface area contributed by atoms with E-state index in [1.54, 1.807) is 30.5 Å². The number of ether oxygens (including phenoxy) is 2. The van der Waals surface area contributed by atoms with Crippen LogP contribution in [0.2, 0.25) is 0 Å². The van der Waals surface area contributed by atoms with E-state index in [2.05, 4.69) is 4.98 Å². The summed E-state index contributed by atoms with van der Waals surface area (Å²) in [7, 11) is 0. The third-order valence-electron chi connectivity index (χ3n) is 5.94. The van der Waals surface area contributed by atoms with E-state index >= 15 is 0 Å². The van der Waals surface area contributed by atoms with E-state index in [0.717, 1.165) is 35.0 Å². The molecule has 0 N–H and O–H groups in total. The van der Waals surface area contributed by atoms with E-state index in [-0.39, 0.29) is 23.9 Å². The molecule has 35 heavy (non-hydrogen) atoms. The van der Waals surface area contributed by atoms with Gasteiger partial charge in [0.25, 0.3) is 0 Å². The van der Waals surface area contributed by atoms with Crippen molar-refractivity contribution in [3.05, 3.63) is 95.3 Å². The Kier molecular flexibility index (Phi) is 7.66. The number of aryl methyl sites for hydroxylation is 1. The summed E-state index contributed by atoms with van der Waals surface area (Å²) < 4.78 is 11.0. The lowest BCUT2D eigenvalue weighted by molar-refractivity contribution is -0.123. The first-order chi connectivity index (χ1) is 16.9. The largest absolute Gasteiger partial charge is 0.489 e. The predicted octanol–water partition coefficient (Wildman–Crippen LogP) is 5.15. The van der Waals surface area contributed by atoms with Crippen LogP contribution < -0.4 is 4.74 Å². The monoisotopic (exact) mass is 489 g/mol. The smallest absolute Gasteiger partial charge is 0.338 e. The van der Waals surface area contributed by atoms with Crippen LogP contribution in [0.25, 0.3) is 0 Å². The van der Waals surface area contributed by atoms with Crippen molar-refractivity contribution in [2.24, 2.45) is 0 Å². The number of thioether (sulfide) groups is 1. The summed E-state index contributed by atoms with van der Waals surface area (Å²) in [6, 6.07) is 20.1. The summed E-state index contributed by atoms with van der Waals surface area (Å²) in [5, 5.41) is -0.0741. The third kappa shape index (κ3) is 6.17. The molecule has 7 heteroatoms. The molecule has 2 heterocycles. The van der Waals surface area contributed by atoms with Crippen molar-refractivity contribution in [2.75, 3.05) is 6.61 Å². The molecule has 2 unspecified atom stereocenters. The number of Topliss-reactive ketones (excluding diaryl/α,β-unsaturated/α-hetero) is 1. The van der Waals surface area contributed by atoms with Crippen LogP contribution in [0, 0.1) is 0 Å². The minimum Gasteiger partial charge on any atom is -0.489 e. The minimum atomic E-state index is -0.714. The number of nitrogens with zero attached hydrogens (tertiary/aromatic N) is 1. The van der Waals surface area contributed by atoms with Crippen LogP contribution in [-0.4, -0.2) is 33.2 Å². The van der Waals surface area contributed by atoms with Gasteiger partial charge in [-0.25, -0.2) is 4.79 Å². The number of hydrogen-bond donors (Lipinski definition) is 0. The highest BCUT2D eigenvalue weighted by Gasteiger charge is 2.43. The van der Waals surface area contributed by atoms with E-state index in [9.17, 15) is 14.4 Å². The first-order valence-electron chi connectivity index (χ1n) is 11.5. The molecule has 1 saturated heterocycles. The highest BCUT2D eigenvalue weighted by molar-refractivity contribution is 8.16. The van der Waals surface area contributed by atoms with Gasteiger partial charge in [0.2, 0.25) is 0 Å². The van der Waals surface area contributed by atoms with Crippen molar-refractivity contribution in [1.82, 2.24) is 4.98 Å². The fourth-order valence-electron chi connectivity index (χ4n) is 3.87. The van der Waals surface area contributed by atoms with Crippen molar-refractivity contribution in [3.63, 3.8) is 0 Å². The first kappa shape index (κ1) is 24.7. The van der Waals surface area contributed by atoms with Crippen molar-refractivity contribution in [1.29, 1.82) is 0 Å². The lowest BCUT2D eigenvalue weighted by Crippen LogP contribution is -2.29. The molecule has 2 aromatic carbocycles. The molecule has 1 fully saturated rings. The number of pyridine rings is 1. The highest BCUT2D eigenvalue weighted by Crippen LogP contribution is 2.39. The van der Waals surface area contributed by atoms with Crippen molar-refractivity contribution >= 4 is 28.6 Å². The van der Waals surface area contributed by atoms with Gasteiger partial charge < -0.3 is 9.47 Å². The Labute approximate surface area is 209 Å². The Balaban J connectivity index is 1.44. The normalized spacial score (nSPS) is 18.3. The Morgan fingerprint density at radius 2 is 1.80 bits per heavy atom. The van der Waals surface area contributed by atoms with Gasteiger partial charge in [-0.05, 0) is 55.7 Å². The number of esters is 1. The Bertz CT molecular complexity index is 1190. The molecule has 2 atom stereocenters. The van der Waals surface area contributed by atoms with Gasteiger partial charge in [-0.15, -0.1) is 0 Å². The number of hydrogen-bond acceptors (Lipinski definition) is 7. The van der Waals surface area contributed by atoms with Gasteiger partial charge in [-0.2, -0.15) is 0 Å². The SMILES string of the molecule is CCc1ccc(C(COc2ccc(CC3(C)SC(=O)CC3=O)cc2)OC(=O)c2ccccc2)cn1. The number of carbonyl (C=O) groups excluding carboxylic acids is 3. The lowest BCUT2D eigenvalue weighted by Gasteiger charge is -2.21. The predicted molar refractivity (Wildman–Crippen MR) is 134 cm³/mol. The molecule has 1 aromatic heterocycles. The van der Waals surface area contributed by atoms with Crippen LogP contribution in [0.4, 0.5) is 0 Å². The molecule has 1 aliphatic heterocycles. The summed E-state index contributed by atoms with van der Waals surface area (Å²) in [6.45, 7) is 3.96. The minimum absolute atomic E-state index is 0.000452. The highest BCUT2D eigenvalue weighted by atomic mass is 32.2. The maximum Gasteiger partial charge on any atom is 0.338 e.